The van der Waals surface area contributed by atoms with Gasteiger partial charge in [-0.25, -0.2) is 14.4 Å². The quantitative estimate of drug-likeness (QED) is 0.823. The third-order valence-corrected chi connectivity index (χ3v) is 3.35. The minimum absolute atomic E-state index is 0.0691. The van der Waals surface area contributed by atoms with Gasteiger partial charge in [0.1, 0.15) is 11.6 Å². The van der Waals surface area contributed by atoms with Crippen LogP contribution in [0, 0.1) is 9.39 Å². The van der Waals surface area contributed by atoms with Crippen LogP contribution in [0.4, 0.5) is 10.2 Å². The van der Waals surface area contributed by atoms with Gasteiger partial charge in [0.2, 0.25) is 0 Å². The van der Waals surface area contributed by atoms with Gasteiger partial charge in [0.05, 0.1) is 8.59 Å². The molecule has 0 amide bonds. The van der Waals surface area contributed by atoms with E-state index in [0.717, 1.165) is 15.9 Å². The zero-order valence-corrected chi connectivity index (χ0v) is 12.5. The fourth-order valence-electron chi connectivity index (χ4n) is 1.43. The predicted molar refractivity (Wildman–Crippen MR) is 79.3 cm³/mol. The number of hydrogen-bond acceptors (Lipinski definition) is 3. The van der Waals surface area contributed by atoms with Crippen LogP contribution in [0.5, 0.6) is 0 Å². The first-order valence-corrected chi connectivity index (χ1v) is 6.79. The van der Waals surface area contributed by atoms with Crippen molar-refractivity contribution in [3.8, 4) is 11.4 Å². The normalized spacial score (nSPS) is 10.4. The molecule has 0 radical (unpaired) electrons. The molecule has 0 bridgehead atoms. The van der Waals surface area contributed by atoms with Gasteiger partial charge >= 0.3 is 0 Å². The molecule has 2 aromatic rings. The van der Waals surface area contributed by atoms with E-state index in [4.69, 9.17) is 11.6 Å². The number of nitrogens with zero attached hydrogens (tertiary/aromatic N) is 2. The summed E-state index contributed by atoms with van der Waals surface area (Å²) in [6.07, 6.45) is 1.72. The summed E-state index contributed by atoms with van der Waals surface area (Å²) in [7, 11) is 0. The van der Waals surface area contributed by atoms with E-state index in [1.54, 1.807) is 12.3 Å². The van der Waals surface area contributed by atoms with E-state index in [1.807, 2.05) is 6.92 Å². The molecule has 18 heavy (non-hydrogen) atoms. The molecule has 1 aromatic carbocycles. The topological polar surface area (TPSA) is 37.8 Å². The molecule has 0 aliphatic rings. The highest BCUT2D eigenvalue weighted by Crippen LogP contribution is 2.24. The Balaban J connectivity index is 2.44. The van der Waals surface area contributed by atoms with Gasteiger partial charge in [-0.2, -0.15) is 0 Å². The lowest BCUT2D eigenvalue weighted by Gasteiger charge is -2.07. The average Bonchev–Trinajstić information content (AvgIpc) is 2.36. The molecule has 0 saturated carbocycles. The van der Waals surface area contributed by atoms with Crippen LogP contribution in [0.15, 0.2) is 24.4 Å². The monoisotopic (exact) mass is 377 g/mol. The second-order valence-corrected chi connectivity index (χ2v) is 5.12. The minimum atomic E-state index is -0.446. The molecule has 3 nitrogen and oxygen atoms in total. The maximum Gasteiger partial charge on any atom is 0.161 e. The summed E-state index contributed by atoms with van der Waals surface area (Å²) in [4.78, 5) is 8.61. The number of benzene rings is 1. The van der Waals surface area contributed by atoms with E-state index in [2.05, 4.69) is 37.9 Å². The lowest BCUT2D eigenvalue weighted by Crippen LogP contribution is -2.03. The maximum atomic E-state index is 13.1. The molecule has 94 valence electrons. The number of hydrogen-bond donors (Lipinski definition) is 1. The second kappa shape index (κ2) is 5.79. The second-order valence-electron chi connectivity index (χ2n) is 3.55. The standard InChI is InChI=1S/C12H10ClFIN3/c1-2-16-12-10(15)6-17-11(18-12)7-3-4-9(14)8(13)5-7/h3-6H,2H2,1H3,(H,16,17,18). The SMILES string of the molecule is CCNc1nc(-c2ccc(F)c(Cl)c2)ncc1I. The maximum absolute atomic E-state index is 13.1. The van der Waals surface area contributed by atoms with Crippen molar-refractivity contribution in [2.45, 2.75) is 6.92 Å². The first-order valence-electron chi connectivity index (χ1n) is 5.33. The van der Waals surface area contributed by atoms with Gasteiger partial charge in [-0.05, 0) is 47.7 Å². The van der Waals surface area contributed by atoms with Crippen LogP contribution in [0.1, 0.15) is 6.92 Å². The number of halogens is 3. The Kier molecular flexibility index (Phi) is 4.34. The van der Waals surface area contributed by atoms with Crippen LogP contribution in [0.3, 0.4) is 0 Å². The number of aromatic nitrogens is 2. The molecule has 0 spiro atoms. The molecule has 1 N–H and O–H groups in total. The zero-order chi connectivity index (χ0) is 13.1. The molecule has 0 atom stereocenters. The third kappa shape index (κ3) is 2.89. The first-order chi connectivity index (χ1) is 8.61. The lowest BCUT2D eigenvalue weighted by molar-refractivity contribution is 0.628. The average molecular weight is 378 g/mol. The van der Waals surface area contributed by atoms with Crippen molar-refractivity contribution >= 4 is 40.0 Å². The number of nitrogens with one attached hydrogen (secondary N) is 1. The first kappa shape index (κ1) is 13.5. The molecule has 0 aliphatic carbocycles. The summed E-state index contributed by atoms with van der Waals surface area (Å²) in [5.41, 5.74) is 0.692. The van der Waals surface area contributed by atoms with E-state index in [-0.39, 0.29) is 5.02 Å². The van der Waals surface area contributed by atoms with Gasteiger partial charge in [-0.1, -0.05) is 11.6 Å². The highest BCUT2D eigenvalue weighted by molar-refractivity contribution is 14.1. The number of rotatable bonds is 3. The van der Waals surface area contributed by atoms with E-state index < -0.39 is 5.82 Å². The van der Waals surface area contributed by atoms with Crippen LogP contribution in [0.2, 0.25) is 5.02 Å². The van der Waals surface area contributed by atoms with E-state index in [1.165, 1.54) is 12.1 Å². The highest BCUT2D eigenvalue weighted by atomic mass is 127. The molecule has 0 unspecified atom stereocenters. The van der Waals surface area contributed by atoms with Crippen molar-refractivity contribution in [3.63, 3.8) is 0 Å². The van der Waals surface area contributed by atoms with Gasteiger partial charge in [-0.3, -0.25) is 0 Å². The molecular weight excluding hydrogens is 368 g/mol. The lowest BCUT2D eigenvalue weighted by atomic mass is 10.2. The molecule has 0 fully saturated rings. The molecule has 1 aromatic heterocycles. The fourth-order valence-corrected chi connectivity index (χ4v) is 2.06. The fraction of sp³-hybridized carbons (Fsp3) is 0.167. The molecule has 0 saturated heterocycles. The third-order valence-electron chi connectivity index (χ3n) is 2.27. The highest BCUT2D eigenvalue weighted by Gasteiger charge is 2.08. The van der Waals surface area contributed by atoms with Crippen LogP contribution >= 0.6 is 34.2 Å². The van der Waals surface area contributed by atoms with E-state index >= 15 is 0 Å². The predicted octanol–water partition coefficient (Wildman–Crippen LogP) is 3.97. The molecule has 2 rings (SSSR count). The van der Waals surface area contributed by atoms with E-state index in [0.29, 0.717) is 11.4 Å². The van der Waals surface area contributed by atoms with E-state index in [9.17, 15) is 4.39 Å². The number of anilines is 1. The summed E-state index contributed by atoms with van der Waals surface area (Å²) in [6, 6.07) is 4.44. The van der Waals surface area contributed by atoms with Gasteiger partial charge in [-0.15, -0.1) is 0 Å². The zero-order valence-electron chi connectivity index (χ0n) is 9.54. The van der Waals surface area contributed by atoms with Gasteiger partial charge in [0, 0.05) is 18.3 Å². The van der Waals surface area contributed by atoms with Crippen LogP contribution in [-0.2, 0) is 0 Å². The smallest absolute Gasteiger partial charge is 0.161 e. The molecular formula is C12H10ClFIN3. The summed E-state index contributed by atoms with van der Waals surface area (Å²) in [5.74, 6) is 0.842. The van der Waals surface area contributed by atoms with Crippen molar-refractivity contribution in [2.75, 3.05) is 11.9 Å². The Morgan fingerprint density at radius 1 is 1.44 bits per heavy atom. The van der Waals surface area contributed by atoms with Gasteiger partial charge in [0.15, 0.2) is 5.82 Å². The minimum Gasteiger partial charge on any atom is -0.369 e. The Morgan fingerprint density at radius 2 is 2.22 bits per heavy atom. The van der Waals surface area contributed by atoms with Crippen LogP contribution in [-0.4, -0.2) is 16.5 Å². The summed E-state index contributed by atoms with van der Waals surface area (Å²) in [5, 5.41) is 3.22. The molecule has 0 aliphatic heterocycles. The van der Waals surface area contributed by atoms with Crippen molar-refractivity contribution in [3.05, 3.63) is 38.8 Å². The Hall–Kier alpha value is -0.950. The van der Waals surface area contributed by atoms with Gasteiger partial charge < -0.3 is 5.32 Å². The summed E-state index contributed by atoms with van der Waals surface area (Å²) >= 11 is 7.91. The van der Waals surface area contributed by atoms with Crippen LogP contribution < -0.4 is 5.32 Å². The Labute approximate surface area is 123 Å². The van der Waals surface area contributed by atoms with Crippen molar-refractivity contribution < 1.29 is 4.39 Å². The van der Waals surface area contributed by atoms with Crippen molar-refractivity contribution in [1.82, 2.24) is 9.97 Å². The van der Waals surface area contributed by atoms with Crippen molar-refractivity contribution in [1.29, 1.82) is 0 Å². The van der Waals surface area contributed by atoms with Gasteiger partial charge in [0.25, 0.3) is 0 Å². The van der Waals surface area contributed by atoms with Crippen LogP contribution in [0.25, 0.3) is 11.4 Å². The Bertz CT molecular complexity index is 577. The summed E-state index contributed by atoms with van der Waals surface area (Å²) < 4.78 is 14.0. The summed E-state index contributed by atoms with van der Waals surface area (Å²) in [6.45, 7) is 2.77. The molecule has 1 heterocycles. The Morgan fingerprint density at radius 3 is 2.89 bits per heavy atom. The molecule has 6 heteroatoms. The largest absolute Gasteiger partial charge is 0.369 e. The van der Waals surface area contributed by atoms with Crippen molar-refractivity contribution in [2.24, 2.45) is 0 Å².